The van der Waals surface area contributed by atoms with Gasteiger partial charge < -0.3 is 5.32 Å². The Kier molecular flexibility index (Phi) is 3.55. The minimum absolute atomic E-state index is 0.102. The Morgan fingerprint density at radius 2 is 2.47 bits per heavy atom. The lowest BCUT2D eigenvalue weighted by molar-refractivity contribution is -0.121. The molecular formula is C14H19N3OS. The van der Waals surface area contributed by atoms with E-state index in [1.807, 2.05) is 22.2 Å². The summed E-state index contributed by atoms with van der Waals surface area (Å²) in [5, 5.41) is 5.15. The molecule has 2 heterocycles. The summed E-state index contributed by atoms with van der Waals surface area (Å²) in [7, 11) is 0. The first kappa shape index (κ1) is 12.7. The standard InChI is InChI=1S/C14H19N3OS/c1-10-3-2-4-11(7-10)15-13(18)8-12-9-17-5-6-19-14(17)16-12/h5-6,9-11H,2-4,7-8H2,1H3,(H,15,18). The molecule has 2 atom stereocenters. The third kappa shape index (κ3) is 2.97. The molecule has 0 saturated heterocycles. The molecule has 0 aliphatic heterocycles. The molecular weight excluding hydrogens is 258 g/mol. The second-order valence-corrected chi connectivity index (χ2v) is 6.41. The van der Waals surface area contributed by atoms with Crippen molar-refractivity contribution in [3.63, 3.8) is 0 Å². The quantitative estimate of drug-likeness (QED) is 0.937. The van der Waals surface area contributed by atoms with Crippen LogP contribution in [0.2, 0.25) is 0 Å². The molecule has 1 N–H and O–H groups in total. The normalized spacial score (nSPS) is 23.6. The van der Waals surface area contributed by atoms with E-state index in [1.54, 1.807) is 11.3 Å². The highest BCUT2D eigenvalue weighted by atomic mass is 32.1. The number of aromatic nitrogens is 2. The minimum atomic E-state index is 0.102. The first-order valence-corrected chi connectivity index (χ1v) is 7.79. The van der Waals surface area contributed by atoms with Crippen LogP contribution in [0.5, 0.6) is 0 Å². The molecule has 1 fully saturated rings. The van der Waals surface area contributed by atoms with Crippen molar-refractivity contribution in [2.45, 2.75) is 45.1 Å². The fraction of sp³-hybridized carbons (Fsp3) is 0.571. The number of nitrogens with one attached hydrogen (secondary N) is 1. The Hall–Kier alpha value is -1.36. The minimum Gasteiger partial charge on any atom is -0.353 e. The van der Waals surface area contributed by atoms with Crippen LogP contribution in [0, 0.1) is 5.92 Å². The van der Waals surface area contributed by atoms with Gasteiger partial charge in [-0.2, -0.15) is 0 Å². The number of carbonyl (C=O) groups excluding carboxylic acids is 1. The maximum Gasteiger partial charge on any atom is 0.226 e. The molecule has 102 valence electrons. The molecule has 1 saturated carbocycles. The van der Waals surface area contributed by atoms with E-state index >= 15 is 0 Å². The summed E-state index contributed by atoms with van der Waals surface area (Å²) in [6, 6.07) is 0.361. The van der Waals surface area contributed by atoms with Crippen molar-refractivity contribution in [2.24, 2.45) is 5.92 Å². The summed E-state index contributed by atoms with van der Waals surface area (Å²) < 4.78 is 1.97. The van der Waals surface area contributed by atoms with E-state index in [1.165, 1.54) is 12.8 Å². The largest absolute Gasteiger partial charge is 0.353 e. The van der Waals surface area contributed by atoms with Crippen LogP contribution in [0.1, 0.15) is 38.3 Å². The van der Waals surface area contributed by atoms with Gasteiger partial charge in [0, 0.05) is 23.8 Å². The van der Waals surface area contributed by atoms with Gasteiger partial charge in [0.05, 0.1) is 12.1 Å². The highest BCUT2D eigenvalue weighted by Gasteiger charge is 2.20. The number of thiazole rings is 1. The molecule has 3 rings (SSSR count). The summed E-state index contributed by atoms with van der Waals surface area (Å²) in [5.41, 5.74) is 0.855. The second kappa shape index (κ2) is 5.33. The maximum atomic E-state index is 12.0. The van der Waals surface area contributed by atoms with Gasteiger partial charge in [-0.25, -0.2) is 4.98 Å². The van der Waals surface area contributed by atoms with Crippen molar-refractivity contribution >= 4 is 22.2 Å². The van der Waals surface area contributed by atoms with E-state index in [2.05, 4.69) is 17.2 Å². The van der Waals surface area contributed by atoms with E-state index in [9.17, 15) is 4.79 Å². The van der Waals surface area contributed by atoms with Crippen LogP contribution in [0.25, 0.3) is 4.96 Å². The molecule has 5 heteroatoms. The lowest BCUT2D eigenvalue weighted by atomic mass is 9.87. The molecule has 1 amide bonds. The van der Waals surface area contributed by atoms with Gasteiger partial charge in [-0.15, -0.1) is 11.3 Å². The van der Waals surface area contributed by atoms with Crippen LogP contribution in [0.3, 0.4) is 0 Å². The summed E-state index contributed by atoms with van der Waals surface area (Å²) >= 11 is 1.59. The van der Waals surface area contributed by atoms with Gasteiger partial charge in [0.25, 0.3) is 0 Å². The van der Waals surface area contributed by atoms with Crippen molar-refractivity contribution in [1.82, 2.24) is 14.7 Å². The first-order valence-electron chi connectivity index (χ1n) is 6.91. The predicted octanol–water partition coefficient (Wildman–Crippen LogP) is 2.63. The van der Waals surface area contributed by atoms with Crippen molar-refractivity contribution in [2.75, 3.05) is 0 Å². The van der Waals surface area contributed by atoms with Crippen LogP contribution in [0.15, 0.2) is 17.8 Å². The Bertz CT molecular complexity index is 546. The summed E-state index contributed by atoms with van der Waals surface area (Å²) in [6.45, 7) is 2.27. The highest BCUT2D eigenvalue weighted by Crippen LogP contribution is 2.23. The lowest BCUT2D eigenvalue weighted by Crippen LogP contribution is -2.38. The zero-order valence-corrected chi connectivity index (χ0v) is 11.9. The zero-order chi connectivity index (χ0) is 13.2. The summed E-state index contributed by atoms with van der Waals surface area (Å²) in [5.74, 6) is 0.835. The van der Waals surface area contributed by atoms with Crippen LogP contribution in [0.4, 0.5) is 0 Å². The zero-order valence-electron chi connectivity index (χ0n) is 11.1. The molecule has 1 aliphatic rings. The van der Waals surface area contributed by atoms with Gasteiger partial charge in [0.1, 0.15) is 0 Å². The van der Waals surface area contributed by atoms with Gasteiger partial charge >= 0.3 is 0 Å². The SMILES string of the molecule is CC1CCCC(NC(=O)Cc2cn3ccsc3n2)C1. The van der Waals surface area contributed by atoms with E-state index < -0.39 is 0 Å². The molecule has 19 heavy (non-hydrogen) atoms. The molecule has 2 aromatic heterocycles. The van der Waals surface area contributed by atoms with E-state index in [-0.39, 0.29) is 5.91 Å². The topological polar surface area (TPSA) is 46.4 Å². The van der Waals surface area contributed by atoms with Crippen LogP contribution < -0.4 is 5.32 Å². The molecule has 0 spiro atoms. The fourth-order valence-electron chi connectivity index (χ4n) is 2.87. The van der Waals surface area contributed by atoms with Gasteiger partial charge in [-0.05, 0) is 18.8 Å². The third-order valence-corrected chi connectivity index (χ3v) is 4.56. The lowest BCUT2D eigenvalue weighted by Gasteiger charge is -2.27. The smallest absolute Gasteiger partial charge is 0.226 e. The average molecular weight is 277 g/mol. The monoisotopic (exact) mass is 277 g/mol. The predicted molar refractivity (Wildman–Crippen MR) is 76.3 cm³/mol. The number of rotatable bonds is 3. The van der Waals surface area contributed by atoms with E-state index in [0.717, 1.165) is 29.4 Å². The molecule has 2 aromatic rings. The molecule has 2 unspecified atom stereocenters. The Morgan fingerprint density at radius 3 is 3.26 bits per heavy atom. The van der Waals surface area contributed by atoms with Gasteiger partial charge in [0.2, 0.25) is 5.91 Å². The highest BCUT2D eigenvalue weighted by molar-refractivity contribution is 7.15. The number of fused-ring (bicyclic) bond motifs is 1. The van der Waals surface area contributed by atoms with Gasteiger partial charge in [0.15, 0.2) is 4.96 Å². The van der Waals surface area contributed by atoms with Crippen LogP contribution in [-0.2, 0) is 11.2 Å². The Balaban J connectivity index is 1.57. The maximum absolute atomic E-state index is 12.0. The number of carbonyl (C=O) groups is 1. The van der Waals surface area contributed by atoms with Crippen molar-refractivity contribution in [1.29, 1.82) is 0 Å². The first-order chi connectivity index (χ1) is 9.20. The van der Waals surface area contributed by atoms with Gasteiger partial charge in [-0.1, -0.05) is 19.8 Å². The Labute approximate surface area is 116 Å². The van der Waals surface area contributed by atoms with Crippen LogP contribution >= 0.6 is 11.3 Å². The Morgan fingerprint density at radius 1 is 1.58 bits per heavy atom. The van der Waals surface area contributed by atoms with Crippen molar-refractivity contribution in [3.8, 4) is 0 Å². The van der Waals surface area contributed by atoms with Gasteiger partial charge in [-0.3, -0.25) is 9.20 Å². The second-order valence-electron chi connectivity index (χ2n) is 5.54. The fourth-order valence-corrected chi connectivity index (χ4v) is 3.59. The summed E-state index contributed by atoms with van der Waals surface area (Å²) in [4.78, 5) is 17.4. The summed E-state index contributed by atoms with van der Waals surface area (Å²) in [6.07, 6.45) is 9.06. The van der Waals surface area contributed by atoms with Crippen molar-refractivity contribution in [3.05, 3.63) is 23.5 Å². The molecule has 1 aliphatic carbocycles. The van der Waals surface area contributed by atoms with Crippen LogP contribution in [-0.4, -0.2) is 21.3 Å². The average Bonchev–Trinajstić information content (AvgIpc) is 2.89. The molecule has 4 nitrogen and oxygen atoms in total. The number of imidazole rings is 1. The van der Waals surface area contributed by atoms with E-state index in [4.69, 9.17) is 0 Å². The third-order valence-electron chi connectivity index (χ3n) is 3.79. The van der Waals surface area contributed by atoms with E-state index in [0.29, 0.717) is 12.5 Å². The number of nitrogens with zero attached hydrogens (tertiary/aromatic N) is 2. The number of amides is 1. The van der Waals surface area contributed by atoms with Crippen molar-refractivity contribution < 1.29 is 4.79 Å². The number of hydrogen-bond donors (Lipinski definition) is 1. The molecule has 0 bridgehead atoms. The molecule has 0 radical (unpaired) electrons. The molecule has 0 aromatic carbocycles. The number of hydrogen-bond acceptors (Lipinski definition) is 3.